The third kappa shape index (κ3) is 5.29. The van der Waals surface area contributed by atoms with E-state index in [-0.39, 0.29) is 24.1 Å². The lowest BCUT2D eigenvalue weighted by Crippen LogP contribution is -2.31. The van der Waals surface area contributed by atoms with Crippen molar-refractivity contribution in [3.05, 3.63) is 58.0 Å². The molecule has 0 spiro atoms. The molecule has 6 heteroatoms. The molecule has 0 radical (unpaired) electrons. The fraction of sp³-hybridized carbons (Fsp3) is 0.250. The SMILES string of the molecule is O=C(CCNC(=O)c1cccs1)NCCc1ccc(F)cc1. The van der Waals surface area contributed by atoms with Gasteiger partial charge in [0.2, 0.25) is 5.91 Å². The Labute approximate surface area is 132 Å². The van der Waals surface area contributed by atoms with Crippen LogP contribution in [0.25, 0.3) is 0 Å². The van der Waals surface area contributed by atoms with E-state index < -0.39 is 0 Å². The molecule has 2 N–H and O–H groups in total. The molecule has 0 aliphatic heterocycles. The number of amides is 2. The van der Waals surface area contributed by atoms with Crippen molar-refractivity contribution in [2.45, 2.75) is 12.8 Å². The number of hydrogen-bond donors (Lipinski definition) is 2. The molecule has 1 aromatic carbocycles. The second-order valence-electron chi connectivity index (χ2n) is 4.71. The summed E-state index contributed by atoms with van der Waals surface area (Å²) in [7, 11) is 0. The highest BCUT2D eigenvalue weighted by molar-refractivity contribution is 7.12. The van der Waals surface area contributed by atoms with Gasteiger partial charge in [-0.15, -0.1) is 11.3 Å². The zero-order chi connectivity index (χ0) is 15.8. The number of carbonyl (C=O) groups excluding carboxylic acids is 2. The van der Waals surface area contributed by atoms with E-state index in [1.807, 2.05) is 11.4 Å². The van der Waals surface area contributed by atoms with Crippen molar-refractivity contribution < 1.29 is 14.0 Å². The second kappa shape index (κ2) is 8.29. The number of carbonyl (C=O) groups is 2. The Hall–Kier alpha value is -2.21. The largest absolute Gasteiger partial charge is 0.356 e. The van der Waals surface area contributed by atoms with Crippen LogP contribution in [0, 0.1) is 5.82 Å². The Morgan fingerprint density at radius 3 is 2.50 bits per heavy atom. The lowest BCUT2D eigenvalue weighted by atomic mass is 10.1. The maximum absolute atomic E-state index is 12.7. The molecular weight excluding hydrogens is 303 g/mol. The number of halogens is 1. The molecule has 0 fully saturated rings. The van der Waals surface area contributed by atoms with Gasteiger partial charge in [-0.2, -0.15) is 0 Å². The number of thiophene rings is 1. The molecule has 4 nitrogen and oxygen atoms in total. The topological polar surface area (TPSA) is 58.2 Å². The summed E-state index contributed by atoms with van der Waals surface area (Å²) in [6, 6.07) is 9.74. The van der Waals surface area contributed by atoms with Crippen LogP contribution in [0.2, 0.25) is 0 Å². The quantitative estimate of drug-likeness (QED) is 0.823. The van der Waals surface area contributed by atoms with Crippen molar-refractivity contribution in [1.29, 1.82) is 0 Å². The first-order valence-electron chi connectivity index (χ1n) is 6.98. The van der Waals surface area contributed by atoms with Crippen LogP contribution >= 0.6 is 11.3 Å². The standard InChI is InChI=1S/C16H17FN2O2S/c17-13-5-3-12(4-6-13)7-9-18-15(20)8-10-19-16(21)14-2-1-11-22-14/h1-6,11H,7-10H2,(H,18,20)(H,19,21). The van der Waals surface area contributed by atoms with Crippen molar-refractivity contribution in [3.8, 4) is 0 Å². The normalized spacial score (nSPS) is 10.2. The third-order valence-electron chi connectivity index (χ3n) is 3.03. The van der Waals surface area contributed by atoms with Gasteiger partial charge < -0.3 is 10.6 Å². The predicted molar refractivity (Wildman–Crippen MR) is 84.4 cm³/mol. The molecule has 22 heavy (non-hydrogen) atoms. The van der Waals surface area contributed by atoms with Gasteiger partial charge in [-0.1, -0.05) is 18.2 Å². The Morgan fingerprint density at radius 1 is 1.05 bits per heavy atom. The van der Waals surface area contributed by atoms with Gasteiger partial charge in [0.25, 0.3) is 5.91 Å². The third-order valence-corrected chi connectivity index (χ3v) is 3.90. The van der Waals surface area contributed by atoms with Gasteiger partial charge in [0.1, 0.15) is 5.82 Å². The van der Waals surface area contributed by atoms with Crippen molar-refractivity contribution in [2.75, 3.05) is 13.1 Å². The van der Waals surface area contributed by atoms with Gasteiger partial charge in [0, 0.05) is 19.5 Å². The lowest BCUT2D eigenvalue weighted by molar-refractivity contribution is -0.120. The van der Waals surface area contributed by atoms with E-state index in [1.165, 1.54) is 23.5 Å². The summed E-state index contributed by atoms with van der Waals surface area (Å²) in [4.78, 5) is 23.9. The molecule has 2 aromatic rings. The van der Waals surface area contributed by atoms with Gasteiger partial charge >= 0.3 is 0 Å². The van der Waals surface area contributed by atoms with Crippen molar-refractivity contribution >= 4 is 23.2 Å². The van der Waals surface area contributed by atoms with Gasteiger partial charge in [-0.05, 0) is 35.6 Å². The second-order valence-corrected chi connectivity index (χ2v) is 5.66. The van der Waals surface area contributed by atoms with Gasteiger partial charge in [-0.25, -0.2) is 4.39 Å². The molecule has 1 aromatic heterocycles. The fourth-order valence-corrected chi connectivity index (χ4v) is 2.51. The first-order chi connectivity index (χ1) is 10.6. The minimum absolute atomic E-state index is 0.117. The highest BCUT2D eigenvalue weighted by Gasteiger charge is 2.07. The number of rotatable bonds is 7. The maximum Gasteiger partial charge on any atom is 0.261 e. The summed E-state index contributed by atoms with van der Waals surface area (Å²) >= 11 is 1.36. The Morgan fingerprint density at radius 2 is 1.82 bits per heavy atom. The molecule has 2 rings (SSSR count). The summed E-state index contributed by atoms with van der Waals surface area (Å²) < 4.78 is 12.7. The Kier molecular flexibility index (Phi) is 6.09. The molecule has 0 saturated heterocycles. The van der Waals surface area contributed by atoms with Gasteiger partial charge in [0.15, 0.2) is 0 Å². The molecule has 0 aliphatic carbocycles. The number of nitrogens with one attached hydrogen (secondary N) is 2. The predicted octanol–water partition coefficient (Wildman–Crippen LogP) is 2.37. The van der Waals surface area contributed by atoms with Crippen LogP contribution < -0.4 is 10.6 Å². The molecular formula is C16H17FN2O2S. The van der Waals surface area contributed by atoms with E-state index in [0.29, 0.717) is 24.4 Å². The summed E-state index contributed by atoms with van der Waals surface area (Å²) in [6.07, 6.45) is 0.883. The van der Waals surface area contributed by atoms with Crippen LogP contribution in [0.5, 0.6) is 0 Å². The minimum Gasteiger partial charge on any atom is -0.356 e. The molecule has 0 atom stereocenters. The van der Waals surface area contributed by atoms with Crippen LogP contribution in [0.1, 0.15) is 21.7 Å². The van der Waals surface area contributed by atoms with E-state index in [0.717, 1.165) is 5.56 Å². The first kappa shape index (κ1) is 16.2. The molecule has 0 unspecified atom stereocenters. The summed E-state index contributed by atoms with van der Waals surface area (Å²) in [6.45, 7) is 0.794. The maximum atomic E-state index is 12.7. The van der Waals surface area contributed by atoms with Crippen molar-refractivity contribution in [3.63, 3.8) is 0 Å². The first-order valence-corrected chi connectivity index (χ1v) is 7.86. The van der Waals surface area contributed by atoms with E-state index in [4.69, 9.17) is 0 Å². The van der Waals surface area contributed by atoms with Crippen molar-refractivity contribution in [1.82, 2.24) is 10.6 Å². The summed E-state index contributed by atoms with van der Waals surface area (Å²) in [5.41, 5.74) is 0.965. The van der Waals surface area contributed by atoms with E-state index in [2.05, 4.69) is 10.6 Å². The van der Waals surface area contributed by atoms with Crippen molar-refractivity contribution in [2.24, 2.45) is 0 Å². The summed E-state index contributed by atoms with van der Waals surface area (Å²) in [5, 5.41) is 7.30. The fourth-order valence-electron chi connectivity index (χ4n) is 1.87. The average molecular weight is 320 g/mol. The minimum atomic E-state index is -0.269. The molecule has 1 heterocycles. The zero-order valence-electron chi connectivity index (χ0n) is 12.0. The van der Waals surface area contributed by atoms with Gasteiger partial charge in [-0.3, -0.25) is 9.59 Å². The molecule has 0 saturated carbocycles. The van der Waals surface area contributed by atoms with E-state index in [9.17, 15) is 14.0 Å². The highest BCUT2D eigenvalue weighted by Crippen LogP contribution is 2.07. The van der Waals surface area contributed by atoms with E-state index in [1.54, 1.807) is 18.2 Å². The van der Waals surface area contributed by atoms with Gasteiger partial charge in [0.05, 0.1) is 4.88 Å². The molecule has 0 bridgehead atoms. The zero-order valence-corrected chi connectivity index (χ0v) is 12.8. The smallest absolute Gasteiger partial charge is 0.261 e. The molecule has 116 valence electrons. The summed E-state index contributed by atoms with van der Waals surface area (Å²) in [5.74, 6) is -0.544. The van der Waals surface area contributed by atoms with Crippen LogP contribution in [-0.2, 0) is 11.2 Å². The molecule has 0 aliphatic rings. The van der Waals surface area contributed by atoms with Crippen LogP contribution in [0.4, 0.5) is 4.39 Å². The number of benzene rings is 1. The van der Waals surface area contributed by atoms with Crippen LogP contribution in [-0.4, -0.2) is 24.9 Å². The lowest BCUT2D eigenvalue weighted by Gasteiger charge is -2.06. The average Bonchev–Trinajstić information content (AvgIpc) is 3.03. The highest BCUT2D eigenvalue weighted by atomic mass is 32.1. The van der Waals surface area contributed by atoms with Crippen LogP contribution in [0.3, 0.4) is 0 Å². The monoisotopic (exact) mass is 320 g/mol. The van der Waals surface area contributed by atoms with Crippen LogP contribution in [0.15, 0.2) is 41.8 Å². The van der Waals surface area contributed by atoms with E-state index >= 15 is 0 Å². The number of hydrogen-bond acceptors (Lipinski definition) is 3. The Balaban J connectivity index is 1.60. The Bertz CT molecular complexity index is 612. The molecule has 2 amide bonds.